The lowest BCUT2D eigenvalue weighted by Gasteiger charge is -2.24. The summed E-state index contributed by atoms with van der Waals surface area (Å²) < 4.78 is 0. The Labute approximate surface area is 162 Å². The Bertz CT molecular complexity index is 695. The molecule has 0 heterocycles. The Morgan fingerprint density at radius 1 is 0.769 bits per heavy atom. The quantitative estimate of drug-likeness (QED) is 0.432. The fourth-order valence-corrected chi connectivity index (χ4v) is 3.95. The summed E-state index contributed by atoms with van der Waals surface area (Å²) in [5.74, 6) is 1.46. The van der Waals surface area contributed by atoms with Crippen molar-refractivity contribution in [2.45, 2.75) is 86.0 Å². The van der Waals surface area contributed by atoms with E-state index in [1.807, 2.05) is 0 Å². The van der Waals surface area contributed by atoms with Crippen molar-refractivity contribution in [3.05, 3.63) is 69.8 Å². The van der Waals surface area contributed by atoms with Gasteiger partial charge in [0.15, 0.2) is 0 Å². The SMILES string of the molecule is CCCCC(CC(CC)Cc1ccc(C)c(C)c1)c1ccc(C)c(C)c1. The maximum absolute atomic E-state index is 2.44. The summed E-state index contributed by atoms with van der Waals surface area (Å²) in [6.45, 7) is 13.6. The van der Waals surface area contributed by atoms with Crippen molar-refractivity contribution >= 4 is 0 Å². The second kappa shape index (κ2) is 9.95. The third kappa shape index (κ3) is 5.73. The summed E-state index contributed by atoms with van der Waals surface area (Å²) in [5.41, 5.74) is 8.73. The third-order valence-electron chi connectivity index (χ3n) is 6.20. The van der Waals surface area contributed by atoms with E-state index in [0.29, 0.717) is 5.92 Å². The van der Waals surface area contributed by atoms with Gasteiger partial charge in [0.25, 0.3) is 0 Å². The van der Waals surface area contributed by atoms with Crippen molar-refractivity contribution in [1.82, 2.24) is 0 Å². The summed E-state index contributed by atoms with van der Waals surface area (Å²) >= 11 is 0. The number of unbranched alkanes of at least 4 members (excludes halogenated alkanes) is 1. The van der Waals surface area contributed by atoms with Gasteiger partial charge in [0.05, 0.1) is 0 Å². The van der Waals surface area contributed by atoms with E-state index in [4.69, 9.17) is 0 Å². The van der Waals surface area contributed by atoms with Crippen LogP contribution in [0.3, 0.4) is 0 Å². The van der Waals surface area contributed by atoms with E-state index in [-0.39, 0.29) is 0 Å². The van der Waals surface area contributed by atoms with Gasteiger partial charge in [-0.15, -0.1) is 0 Å². The van der Waals surface area contributed by atoms with Gasteiger partial charge in [0, 0.05) is 0 Å². The number of hydrogen-bond acceptors (Lipinski definition) is 0. The minimum Gasteiger partial charge on any atom is -0.0654 e. The van der Waals surface area contributed by atoms with Crippen molar-refractivity contribution in [1.29, 1.82) is 0 Å². The van der Waals surface area contributed by atoms with Crippen LogP contribution in [0, 0.1) is 33.6 Å². The highest BCUT2D eigenvalue weighted by molar-refractivity contribution is 5.32. The highest BCUT2D eigenvalue weighted by Crippen LogP contribution is 2.33. The largest absolute Gasteiger partial charge is 0.0654 e. The molecule has 2 rings (SSSR count). The number of aryl methyl sites for hydroxylation is 4. The fourth-order valence-electron chi connectivity index (χ4n) is 3.95. The van der Waals surface area contributed by atoms with Crippen LogP contribution in [0.25, 0.3) is 0 Å². The van der Waals surface area contributed by atoms with Gasteiger partial charge < -0.3 is 0 Å². The zero-order chi connectivity index (χ0) is 19.1. The molecule has 2 aromatic rings. The summed E-state index contributed by atoms with van der Waals surface area (Å²) in [5, 5.41) is 0. The van der Waals surface area contributed by atoms with Gasteiger partial charge in [-0.25, -0.2) is 0 Å². The lowest BCUT2D eigenvalue weighted by atomic mass is 9.81. The fraction of sp³-hybridized carbons (Fsp3) is 0.538. The van der Waals surface area contributed by atoms with Crippen molar-refractivity contribution in [3.8, 4) is 0 Å². The first kappa shape index (κ1) is 20.7. The molecule has 2 unspecified atom stereocenters. The topological polar surface area (TPSA) is 0 Å². The first-order chi connectivity index (χ1) is 12.4. The summed E-state index contributed by atoms with van der Waals surface area (Å²) in [7, 11) is 0. The van der Waals surface area contributed by atoms with E-state index >= 15 is 0 Å². The molecule has 0 nitrogen and oxygen atoms in total. The first-order valence-electron chi connectivity index (χ1n) is 10.6. The highest BCUT2D eigenvalue weighted by atomic mass is 14.2. The van der Waals surface area contributed by atoms with E-state index in [2.05, 4.69) is 77.9 Å². The van der Waals surface area contributed by atoms with Gasteiger partial charge >= 0.3 is 0 Å². The van der Waals surface area contributed by atoms with E-state index in [9.17, 15) is 0 Å². The number of rotatable bonds is 9. The van der Waals surface area contributed by atoms with Gasteiger partial charge in [-0.2, -0.15) is 0 Å². The lowest BCUT2D eigenvalue weighted by molar-refractivity contribution is 0.400. The monoisotopic (exact) mass is 350 g/mol. The van der Waals surface area contributed by atoms with Crippen molar-refractivity contribution in [2.24, 2.45) is 5.92 Å². The van der Waals surface area contributed by atoms with Gasteiger partial charge in [-0.05, 0) is 92.2 Å². The van der Waals surface area contributed by atoms with Gasteiger partial charge in [0.1, 0.15) is 0 Å². The van der Waals surface area contributed by atoms with E-state index in [1.54, 1.807) is 5.56 Å². The minimum atomic E-state index is 0.700. The van der Waals surface area contributed by atoms with Crippen LogP contribution in [-0.2, 0) is 6.42 Å². The van der Waals surface area contributed by atoms with Gasteiger partial charge in [0.2, 0.25) is 0 Å². The maximum Gasteiger partial charge on any atom is -0.0159 e. The molecule has 0 radical (unpaired) electrons. The summed E-state index contributed by atoms with van der Waals surface area (Å²) in [6.07, 6.45) is 7.73. The molecule has 0 aliphatic heterocycles. The molecule has 2 atom stereocenters. The average Bonchev–Trinajstić information content (AvgIpc) is 2.63. The van der Waals surface area contributed by atoms with Gasteiger partial charge in [-0.3, -0.25) is 0 Å². The molecule has 0 spiro atoms. The molecule has 0 amide bonds. The minimum absolute atomic E-state index is 0.700. The second-order valence-corrected chi connectivity index (χ2v) is 8.32. The van der Waals surface area contributed by atoms with Crippen LogP contribution in [0.2, 0.25) is 0 Å². The Morgan fingerprint density at radius 3 is 2.00 bits per heavy atom. The van der Waals surface area contributed by atoms with Crippen LogP contribution in [-0.4, -0.2) is 0 Å². The molecule has 0 N–H and O–H groups in total. The standard InChI is InChI=1S/C26H38/c1-7-9-10-25(26-14-12-20(4)22(6)16-26)18-23(8-2)17-24-13-11-19(3)21(5)15-24/h11-16,23,25H,7-10,17-18H2,1-6H3. The number of hydrogen-bond donors (Lipinski definition) is 0. The highest BCUT2D eigenvalue weighted by Gasteiger charge is 2.18. The molecule has 0 aliphatic rings. The summed E-state index contributed by atoms with van der Waals surface area (Å²) in [4.78, 5) is 0. The normalized spacial score (nSPS) is 13.6. The molecule has 0 fully saturated rings. The summed E-state index contributed by atoms with van der Waals surface area (Å²) in [6, 6.07) is 14.2. The van der Waals surface area contributed by atoms with E-state index in [1.165, 1.54) is 66.3 Å². The molecule has 0 aliphatic carbocycles. The molecular formula is C26H38. The predicted molar refractivity (Wildman–Crippen MR) is 116 cm³/mol. The maximum atomic E-state index is 2.44. The molecule has 26 heavy (non-hydrogen) atoms. The van der Waals surface area contributed by atoms with Crippen LogP contribution in [0.15, 0.2) is 36.4 Å². The van der Waals surface area contributed by atoms with Crippen LogP contribution >= 0.6 is 0 Å². The Balaban J connectivity index is 2.15. The van der Waals surface area contributed by atoms with Crippen LogP contribution in [0.1, 0.15) is 85.3 Å². The third-order valence-corrected chi connectivity index (χ3v) is 6.20. The van der Waals surface area contributed by atoms with Crippen molar-refractivity contribution < 1.29 is 0 Å². The predicted octanol–water partition coefficient (Wildman–Crippen LogP) is 7.85. The average molecular weight is 351 g/mol. The molecule has 0 bridgehead atoms. The zero-order valence-electron chi connectivity index (χ0n) is 17.9. The van der Waals surface area contributed by atoms with E-state index in [0.717, 1.165) is 5.92 Å². The van der Waals surface area contributed by atoms with Crippen LogP contribution in [0.5, 0.6) is 0 Å². The molecule has 0 aromatic heterocycles. The first-order valence-corrected chi connectivity index (χ1v) is 10.6. The van der Waals surface area contributed by atoms with Crippen LogP contribution in [0.4, 0.5) is 0 Å². The second-order valence-electron chi connectivity index (χ2n) is 8.32. The Morgan fingerprint density at radius 2 is 1.42 bits per heavy atom. The molecule has 0 heteroatoms. The smallest absolute Gasteiger partial charge is 0.0159 e. The van der Waals surface area contributed by atoms with Gasteiger partial charge in [-0.1, -0.05) is 69.5 Å². The molecule has 0 saturated heterocycles. The molecule has 142 valence electrons. The number of benzene rings is 2. The molecule has 0 saturated carbocycles. The Hall–Kier alpha value is -1.56. The van der Waals surface area contributed by atoms with E-state index < -0.39 is 0 Å². The molecule has 2 aromatic carbocycles. The van der Waals surface area contributed by atoms with Crippen molar-refractivity contribution in [2.75, 3.05) is 0 Å². The van der Waals surface area contributed by atoms with Crippen molar-refractivity contribution in [3.63, 3.8) is 0 Å². The lowest BCUT2D eigenvalue weighted by Crippen LogP contribution is -2.11. The Kier molecular flexibility index (Phi) is 7.94. The van der Waals surface area contributed by atoms with Crippen LogP contribution < -0.4 is 0 Å². The molecular weight excluding hydrogens is 312 g/mol. The zero-order valence-corrected chi connectivity index (χ0v) is 17.9.